The smallest absolute Gasteiger partial charge is 0.267 e. The predicted octanol–water partition coefficient (Wildman–Crippen LogP) is 1.91. The Kier molecular flexibility index (Phi) is 2.86. The van der Waals surface area contributed by atoms with Gasteiger partial charge in [0.05, 0.1) is 12.2 Å². The lowest BCUT2D eigenvalue weighted by molar-refractivity contribution is 0.628. The molecule has 82 valence electrons. The highest BCUT2D eigenvalue weighted by Crippen LogP contribution is 2.03. The fraction of sp³-hybridized carbons (Fsp3) is 0.231. The minimum absolute atomic E-state index is 0.0637. The van der Waals surface area contributed by atoms with Crippen LogP contribution in [-0.4, -0.2) is 9.78 Å². The number of nitrogens with zero attached hydrogens (tertiary/aromatic N) is 2. The lowest BCUT2D eigenvalue weighted by Gasteiger charge is -2.05. The molecule has 1 heterocycles. The molecule has 0 radical (unpaired) electrons. The van der Waals surface area contributed by atoms with Crippen molar-refractivity contribution in [1.29, 1.82) is 0 Å². The summed E-state index contributed by atoms with van der Waals surface area (Å²) in [7, 11) is 0. The highest BCUT2D eigenvalue weighted by molar-refractivity contribution is 5.21. The van der Waals surface area contributed by atoms with Crippen molar-refractivity contribution in [3.63, 3.8) is 0 Å². The zero-order valence-corrected chi connectivity index (χ0v) is 9.47. The first kappa shape index (κ1) is 10.6. The van der Waals surface area contributed by atoms with E-state index in [1.807, 2.05) is 38.1 Å². The van der Waals surface area contributed by atoms with Gasteiger partial charge in [-0.25, -0.2) is 4.68 Å². The van der Waals surface area contributed by atoms with Crippen LogP contribution in [0.4, 0.5) is 0 Å². The van der Waals surface area contributed by atoms with Crippen LogP contribution in [0.2, 0.25) is 0 Å². The maximum Gasteiger partial charge on any atom is 0.267 e. The van der Waals surface area contributed by atoms with Crippen LogP contribution in [0, 0.1) is 13.8 Å². The lowest BCUT2D eigenvalue weighted by Crippen LogP contribution is -2.22. The average Bonchev–Trinajstić information content (AvgIpc) is 2.27. The number of hydrogen-bond acceptors (Lipinski definition) is 2. The fourth-order valence-electron chi connectivity index (χ4n) is 1.53. The number of benzene rings is 1. The van der Waals surface area contributed by atoms with E-state index in [0.717, 1.165) is 11.3 Å². The molecule has 0 aliphatic rings. The Hall–Kier alpha value is -1.90. The monoisotopic (exact) mass is 214 g/mol. The van der Waals surface area contributed by atoms with E-state index in [1.165, 1.54) is 10.2 Å². The van der Waals surface area contributed by atoms with Crippen LogP contribution in [0.3, 0.4) is 0 Å². The first-order valence-corrected chi connectivity index (χ1v) is 5.25. The van der Waals surface area contributed by atoms with Crippen LogP contribution < -0.4 is 5.56 Å². The molecule has 0 aliphatic heterocycles. The van der Waals surface area contributed by atoms with E-state index >= 15 is 0 Å². The molecule has 0 saturated heterocycles. The van der Waals surface area contributed by atoms with Gasteiger partial charge in [-0.05, 0) is 25.5 Å². The van der Waals surface area contributed by atoms with E-state index in [-0.39, 0.29) is 5.56 Å². The second kappa shape index (κ2) is 4.31. The molecule has 1 aromatic carbocycles. The number of aromatic nitrogens is 2. The van der Waals surface area contributed by atoms with Crippen molar-refractivity contribution < 1.29 is 0 Å². The highest BCUT2D eigenvalue weighted by Gasteiger charge is 1.99. The Balaban J connectivity index is 2.30. The number of rotatable bonds is 2. The molecule has 3 nitrogen and oxygen atoms in total. The quantitative estimate of drug-likeness (QED) is 0.765. The zero-order valence-electron chi connectivity index (χ0n) is 9.47. The Labute approximate surface area is 94.4 Å². The van der Waals surface area contributed by atoms with Crippen molar-refractivity contribution in [3.05, 3.63) is 63.6 Å². The van der Waals surface area contributed by atoms with Crippen molar-refractivity contribution >= 4 is 0 Å². The average molecular weight is 214 g/mol. The van der Waals surface area contributed by atoms with Gasteiger partial charge in [0, 0.05) is 6.07 Å². The van der Waals surface area contributed by atoms with Gasteiger partial charge in [0.1, 0.15) is 0 Å². The van der Waals surface area contributed by atoms with Crippen LogP contribution in [0.5, 0.6) is 0 Å². The minimum Gasteiger partial charge on any atom is -0.268 e. The molecule has 16 heavy (non-hydrogen) atoms. The molecule has 0 unspecified atom stereocenters. The van der Waals surface area contributed by atoms with E-state index in [1.54, 1.807) is 12.1 Å². The van der Waals surface area contributed by atoms with Crippen LogP contribution in [0.15, 0.2) is 41.2 Å². The molecular formula is C13H14N2O. The summed E-state index contributed by atoms with van der Waals surface area (Å²) in [6, 6.07) is 11.4. The largest absolute Gasteiger partial charge is 0.268 e. The number of hydrogen-bond donors (Lipinski definition) is 0. The molecule has 1 aromatic heterocycles. The van der Waals surface area contributed by atoms with E-state index in [4.69, 9.17) is 0 Å². The molecule has 2 aromatic rings. The van der Waals surface area contributed by atoms with Crippen LogP contribution in [0.1, 0.15) is 16.8 Å². The van der Waals surface area contributed by atoms with E-state index in [0.29, 0.717) is 6.54 Å². The van der Waals surface area contributed by atoms with Gasteiger partial charge < -0.3 is 0 Å². The van der Waals surface area contributed by atoms with Crippen molar-refractivity contribution in [2.75, 3.05) is 0 Å². The summed E-state index contributed by atoms with van der Waals surface area (Å²) in [5, 5.41) is 4.19. The zero-order chi connectivity index (χ0) is 11.5. The molecule has 0 amide bonds. The molecule has 2 rings (SSSR count). The molecule has 0 atom stereocenters. The fourth-order valence-corrected chi connectivity index (χ4v) is 1.53. The minimum atomic E-state index is -0.0637. The highest BCUT2D eigenvalue weighted by atomic mass is 16.1. The third kappa shape index (κ3) is 2.37. The molecule has 0 saturated carbocycles. The maximum absolute atomic E-state index is 11.5. The first-order valence-electron chi connectivity index (χ1n) is 5.25. The van der Waals surface area contributed by atoms with Gasteiger partial charge >= 0.3 is 0 Å². The Morgan fingerprint density at radius 3 is 2.44 bits per heavy atom. The summed E-state index contributed by atoms with van der Waals surface area (Å²) in [6.45, 7) is 4.45. The Morgan fingerprint density at radius 1 is 1.06 bits per heavy atom. The van der Waals surface area contributed by atoms with E-state index in [9.17, 15) is 4.79 Å². The Morgan fingerprint density at radius 2 is 1.75 bits per heavy atom. The molecule has 0 bridgehead atoms. The molecule has 3 heteroatoms. The Bertz CT molecular complexity index is 541. The summed E-state index contributed by atoms with van der Waals surface area (Å²) in [4.78, 5) is 11.5. The first-order chi connectivity index (χ1) is 7.65. The molecule has 0 fully saturated rings. The van der Waals surface area contributed by atoms with Gasteiger partial charge in [0.15, 0.2) is 0 Å². The third-order valence-electron chi connectivity index (χ3n) is 2.45. The molecular weight excluding hydrogens is 200 g/mol. The number of aryl methyl sites for hydroxylation is 2. The van der Waals surface area contributed by atoms with Crippen molar-refractivity contribution in [1.82, 2.24) is 9.78 Å². The van der Waals surface area contributed by atoms with Gasteiger partial charge in [0.2, 0.25) is 0 Å². The summed E-state index contributed by atoms with van der Waals surface area (Å²) in [5.74, 6) is 0. The summed E-state index contributed by atoms with van der Waals surface area (Å²) in [5.41, 5.74) is 3.09. The predicted molar refractivity (Wildman–Crippen MR) is 63.5 cm³/mol. The van der Waals surface area contributed by atoms with Crippen LogP contribution >= 0.6 is 0 Å². The van der Waals surface area contributed by atoms with Gasteiger partial charge in [-0.3, -0.25) is 4.79 Å². The van der Waals surface area contributed by atoms with Crippen molar-refractivity contribution in [2.45, 2.75) is 20.4 Å². The lowest BCUT2D eigenvalue weighted by atomic mass is 10.1. The molecule has 0 N–H and O–H groups in total. The third-order valence-corrected chi connectivity index (χ3v) is 2.45. The van der Waals surface area contributed by atoms with Gasteiger partial charge in [-0.2, -0.15) is 5.10 Å². The van der Waals surface area contributed by atoms with Crippen molar-refractivity contribution in [3.8, 4) is 0 Å². The van der Waals surface area contributed by atoms with E-state index in [2.05, 4.69) is 5.10 Å². The van der Waals surface area contributed by atoms with Crippen molar-refractivity contribution in [2.24, 2.45) is 0 Å². The van der Waals surface area contributed by atoms with Gasteiger partial charge in [0.25, 0.3) is 5.56 Å². The van der Waals surface area contributed by atoms with E-state index < -0.39 is 0 Å². The topological polar surface area (TPSA) is 34.9 Å². The summed E-state index contributed by atoms with van der Waals surface area (Å²) >= 11 is 0. The van der Waals surface area contributed by atoms with Gasteiger partial charge in [-0.1, -0.05) is 29.8 Å². The summed E-state index contributed by atoms with van der Waals surface area (Å²) in [6.07, 6.45) is 0. The van der Waals surface area contributed by atoms with Crippen LogP contribution in [0.25, 0.3) is 0 Å². The SMILES string of the molecule is Cc1ccc(Cn2nc(C)ccc2=O)cc1. The standard InChI is InChI=1S/C13H14N2O/c1-10-3-6-12(7-4-10)9-15-13(16)8-5-11(2)14-15/h3-8H,9H2,1-2H3. The molecule has 0 aliphatic carbocycles. The maximum atomic E-state index is 11.5. The normalized spacial score (nSPS) is 10.4. The second-order valence-corrected chi connectivity index (χ2v) is 3.96. The van der Waals surface area contributed by atoms with Crippen LogP contribution in [-0.2, 0) is 6.54 Å². The summed E-state index contributed by atoms with van der Waals surface area (Å²) < 4.78 is 1.49. The molecule has 0 spiro atoms. The second-order valence-electron chi connectivity index (χ2n) is 3.96. The van der Waals surface area contributed by atoms with Gasteiger partial charge in [-0.15, -0.1) is 0 Å².